The predicted octanol–water partition coefficient (Wildman–Crippen LogP) is 1.47. The largest absolute Gasteiger partial charge is 0.451 e. The zero-order valence-corrected chi connectivity index (χ0v) is 15.5. The predicted molar refractivity (Wildman–Crippen MR) is 103 cm³/mol. The van der Waals surface area contributed by atoms with E-state index >= 15 is 0 Å². The summed E-state index contributed by atoms with van der Waals surface area (Å²) in [5, 5.41) is 5.08. The fraction of sp³-hybridized carbons (Fsp3) is 0.200. The number of nitrogens with two attached hydrogens (primary N) is 1. The third-order valence-electron chi connectivity index (χ3n) is 3.84. The second-order valence-corrected chi connectivity index (χ2v) is 6.07. The molecule has 2 atom stereocenters. The highest BCUT2D eigenvalue weighted by Crippen LogP contribution is 2.10. The van der Waals surface area contributed by atoms with Crippen LogP contribution in [0.4, 0.5) is 5.69 Å². The summed E-state index contributed by atoms with van der Waals surface area (Å²) in [5.41, 5.74) is 6.29. The smallest absolute Gasteiger partial charge is 0.329 e. The molecule has 8 heteroatoms. The van der Waals surface area contributed by atoms with Crippen LogP contribution in [0.3, 0.4) is 0 Å². The van der Waals surface area contributed by atoms with E-state index < -0.39 is 35.8 Å². The van der Waals surface area contributed by atoms with Gasteiger partial charge in [0, 0.05) is 16.8 Å². The van der Waals surface area contributed by atoms with Crippen LogP contribution in [0.2, 0.25) is 0 Å². The number of nitrogens with one attached hydrogen (secondary N) is 2. The highest BCUT2D eigenvalue weighted by molar-refractivity contribution is 5.98. The standard InChI is InChI=1S/C20H21N3O5/c1-12(22-19(26)15-6-4-3-5-7-15)20(27)28-13(2)18(25)23-16-10-8-14(9-11-16)17(21)24/h3-13H,1-2H3,(H2,21,24)(H,22,26)(H,23,25). The van der Waals surface area contributed by atoms with Crippen molar-refractivity contribution in [2.24, 2.45) is 5.73 Å². The average molecular weight is 383 g/mol. The lowest BCUT2D eigenvalue weighted by molar-refractivity contribution is -0.154. The van der Waals surface area contributed by atoms with Crippen LogP contribution in [-0.2, 0) is 14.3 Å². The lowest BCUT2D eigenvalue weighted by atomic mass is 10.2. The van der Waals surface area contributed by atoms with Gasteiger partial charge in [0.25, 0.3) is 11.8 Å². The molecule has 0 fully saturated rings. The van der Waals surface area contributed by atoms with Gasteiger partial charge in [0.2, 0.25) is 5.91 Å². The summed E-state index contributed by atoms with van der Waals surface area (Å²) in [7, 11) is 0. The van der Waals surface area contributed by atoms with Gasteiger partial charge in [-0.15, -0.1) is 0 Å². The molecule has 3 amide bonds. The van der Waals surface area contributed by atoms with Crippen LogP contribution in [0, 0.1) is 0 Å². The van der Waals surface area contributed by atoms with Crippen molar-refractivity contribution in [2.45, 2.75) is 26.0 Å². The summed E-state index contributed by atoms with van der Waals surface area (Å²) in [6.45, 7) is 2.88. The molecule has 0 spiro atoms. The van der Waals surface area contributed by atoms with Gasteiger partial charge in [0.05, 0.1) is 0 Å². The number of carbonyl (C=O) groups excluding carboxylic acids is 4. The molecule has 2 aromatic carbocycles. The summed E-state index contributed by atoms with van der Waals surface area (Å²) in [6, 6.07) is 13.4. The van der Waals surface area contributed by atoms with Crippen molar-refractivity contribution in [1.82, 2.24) is 5.32 Å². The van der Waals surface area contributed by atoms with E-state index in [1.54, 1.807) is 30.3 Å². The van der Waals surface area contributed by atoms with Crippen molar-refractivity contribution in [1.29, 1.82) is 0 Å². The van der Waals surface area contributed by atoms with Crippen LogP contribution in [0.15, 0.2) is 54.6 Å². The molecule has 8 nitrogen and oxygen atoms in total. The number of esters is 1. The Hall–Kier alpha value is -3.68. The van der Waals surface area contributed by atoms with Crippen molar-refractivity contribution >= 4 is 29.4 Å². The van der Waals surface area contributed by atoms with E-state index in [9.17, 15) is 19.2 Å². The van der Waals surface area contributed by atoms with Gasteiger partial charge in [0.1, 0.15) is 6.04 Å². The summed E-state index contributed by atoms with van der Waals surface area (Å²) < 4.78 is 5.11. The van der Waals surface area contributed by atoms with E-state index in [4.69, 9.17) is 10.5 Å². The van der Waals surface area contributed by atoms with Crippen LogP contribution in [-0.4, -0.2) is 35.8 Å². The molecule has 0 saturated carbocycles. The Morgan fingerprint density at radius 1 is 0.893 bits per heavy atom. The minimum absolute atomic E-state index is 0.306. The van der Waals surface area contributed by atoms with Crippen LogP contribution in [0.5, 0.6) is 0 Å². The summed E-state index contributed by atoms with van der Waals surface area (Å²) >= 11 is 0. The normalized spacial score (nSPS) is 12.4. The molecule has 0 radical (unpaired) electrons. The minimum atomic E-state index is -1.08. The van der Waals surface area contributed by atoms with E-state index in [0.717, 1.165) is 0 Å². The number of benzene rings is 2. The fourth-order valence-electron chi connectivity index (χ4n) is 2.22. The van der Waals surface area contributed by atoms with Gasteiger partial charge in [-0.1, -0.05) is 18.2 Å². The Morgan fingerprint density at radius 3 is 2.07 bits per heavy atom. The maximum atomic E-state index is 12.2. The lowest BCUT2D eigenvalue weighted by Gasteiger charge is -2.17. The quantitative estimate of drug-likeness (QED) is 0.624. The Bertz CT molecular complexity index is 865. The fourth-order valence-corrected chi connectivity index (χ4v) is 2.22. The summed E-state index contributed by atoms with van der Waals surface area (Å²) in [5.74, 6) is -2.29. The van der Waals surface area contributed by atoms with Gasteiger partial charge in [0.15, 0.2) is 6.10 Å². The van der Waals surface area contributed by atoms with Crippen molar-refractivity contribution in [3.8, 4) is 0 Å². The number of primary amides is 1. The third kappa shape index (κ3) is 5.66. The lowest BCUT2D eigenvalue weighted by Crippen LogP contribution is -2.42. The second kappa shape index (κ2) is 9.31. The Labute approximate surface area is 162 Å². The summed E-state index contributed by atoms with van der Waals surface area (Å²) in [6.07, 6.45) is -1.08. The van der Waals surface area contributed by atoms with Crippen LogP contribution < -0.4 is 16.4 Å². The summed E-state index contributed by atoms with van der Waals surface area (Å²) in [4.78, 5) is 47.4. The van der Waals surface area contributed by atoms with E-state index in [2.05, 4.69) is 10.6 Å². The Morgan fingerprint density at radius 2 is 1.50 bits per heavy atom. The molecular weight excluding hydrogens is 362 g/mol. The maximum absolute atomic E-state index is 12.2. The van der Waals surface area contributed by atoms with E-state index in [-0.39, 0.29) is 0 Å². The molecule has 2 unspecified atom stereocenters. The van der Waals surface area contributed by atoms with E-state index in [1.165, 1.54) is 38.1 Å². The highest BCUT2D eigenvalue weighted by Gasteiger charge is 2.23. The van der Waals surface area contributed by atoms with Crippen molar-refractivity contribution in [3.63, 3.8) is 0 Å². The van der Waals surface area contributed by atoms with Crippen LogP contribution in [0.1, 0.15) is 34.6 Å². The first-order valence-electron chi connectivity index (χ1n) is 8.55. The minimum Gasteiger partial charge on any atom is -0.451 e. The first kappa shape index (κ1) is 20.6. The number of ether oxygens (including phenoxy) is 1. The molecule has 0 aromatic heterocycles. The van der Waals surface area contributed by atoms with Gasteiger partial charge in [-0.25, -0.2) is 4.79 Å². The second-order valence-electron chi connectivity index (χ2n) is 6.07. The molecule has 0 aliphatic heterocycles. The average Bonchev–Trinajstić information content (AvgIpc) is 2.68. The monoisotopic (exact) mass is 383 g/mol. The zero-order valence-electron chi connectivity index (χ0n) is 15.5. The van der Waals surface area contributed by atoms with Crippen LogP contribution >= 0.6 is 0 Å². The number of amides is 3. The molecule has 0 heterocycles. The van der Waals surface area contributed by atoms with Crippen LogP contribution in [0.25, 0.3) is 0 Å². The van der Waals surface area contributed by atoms with Crippen molar-refractivity contribution in [2.75, 3.05) is 5.32 Å². The van der Waals surface area contributed by atoms with Gasteiger partial charge in [-0.2, -0.15) is 0 Å². The first-order valence-corrected chi connectivity index (χ1v) is 8.55. The number of anilines is 1. The molecule has 146 valence electrons. The van der Waals surface area contributed by atoms with Crippen molar-refractivity contribution in [3.05, 3.63) is 65.7 Å². The van der Waals surface area contributed by atoms with E-state index in [0.29, 0.717) is 16.8 Å². The van der Waals surface area contributed by atoms with Gasteiger partial charge < -0.3 is 21.1 Å². The topological polar surface area (TPSA) is 128 Å². The molecular formula is C20H21N3O5. The maximum Gasteiger partial charge on any atom is 0.329 e. The molecule has 0 aliphatic carbocycles. The molecule has 0 aliphatic rings. The molecule has 0 bridgehead atoms. The molecule has 4 N–H and O–H groups in total. The first-order chi connectivity index (χ1) is 13.3. The Kier molecular flexibility index (Phi) is 6.86. The number of hydrogen-bond acceptors (Lipinski definition) is 5. The zero-order chi connectivity index (χ0) is 20.7. The van der Waals surface area contributed by atoms with E-state index in [1.807, 2.05) is 0 Å². The number of hydrogen-bond donors (Lipinski definition) is 3. The van der Waals surface area contributed by atoms with Gasteiger partial charge in [-0.3, -0.25) is 14.4 Å². The molecule has 2 rings (SSSR count). The van der Waals surface area contributed by atoms with Gasteiger partial charge >= 0.3 is 5.97 Å². The van der Waals surface area contributed by atoms with Gasteiger partial charge in [-0.05, 0) is 50.2 Å². The Balaban J connectivity index is 1.87. The number of rotatable bonds is 7. The molecule has 28 heavy (non-hydrogen) atoms. The molecule has 0 saturated heterocycles. The van der Waals surface area contributed by atoms with Crippen molar-refractivity contribution < 1.29 is 23.9 Å². The SMILES string of the molecule is CC(NC(=O)c1ccccc1)C(=O)OC(C)C(=O)Nc1ccc(C(N)=O)cc1. The molecule has 2 aromatic rings. The number of carbonyl (C=O) groups is 4. The third-order valence-corrected chi connectivity index (χ3v) is 3.84. The highest BCUT2D eigenvalue weighted by atomic mass is 16.5.